The lowest BCUT2D eigenvalue weighted by atomic mass is 10.2. The Kier molecular flexibility index (Phi) is 5.63. The molecule has 1 unspecified atom stereocenters. The van der Waals surface area contributed by atoms with Gasteiger partial charge in [-0.25, -0.2) is 4.79 Å². The molecule has 0 radical (unpaired) electrons. The van der Waals surface area contributed by atoms with E-state index >= 15 is 0 Å². The molecule has 0 spiro atoms. The molecular weight excluding hydrogens is 212 g/mol. The first-order chi connectivity index (χ1) is 7.26. The van der Waals surface area contributed by atoms with Gasteiger partial charge in [-0.15, -0.1) is 0 Å². The summed E-state index contributed by atoms with van der Waals surface area (Å²) in [6, 6.07) is 0. The highest BCUT2D eigenvalue weighted by molar-refractivity contribution is 5.67. The molecule has 7 nitrogen and oxygen atoms in total. The number of carbonyl (C=O) groups excluding carboxylic acids is 1. The largest absolute Gasteiger partial charge is 0.444 e. The van der Waals surface area contributed by atoms with Gasteiger partial charge in [0, 0.05) is 18.5 Å². The van der Waals surface area contributed by atoms with E-state index in [9.17, 15) is 9.90 Å². The lowest BCUT2D eigenvalue weighted by molar-refractivity contribution is 0.0214. The quantitative estimate of drug-likeness (QED) is 0.450. The Morgan fingerprint density at radius 3 is 2.62 bits per heavy atom. The van der Waals surface area contributed by atoms with Gasteiger partial charge in [-0.2, -0.15) is 0 Å². The molecule has 0 fully saturated rings. The Labute approximate surface area is 94.6 Å². The van der Waals surface area contributed by atoms with Crippen LogP contribution in [0.2, 0.25) is 0 Å². The lowest BCUT2D eigenvalue weighted by Gasteiger charge is -2.25. The Hall–Kier alpha value is -1.46. The summed E-state index contributed by atoms with van der Waals surface area (Å²) < 4.78 is 5.08. The van der Waals surface area contributed by atoms with Crippen molar-refractivity contribution >= 4 is 6.09 Å². The van der Waals surface area contributed by atoms with Crippen molar-refractivity contribution in [2.24, 2.45) is 5.11 Å². The number of nitrogens with zero attached hydrogens (tertiary/aromatic N) is 4. The second kappa shape index (κ2) is 6.19. The molecule has 0 aromatic carbocycles. The standard InChI is InChI=1S/C9H18N4O3/c1-9(2,3)16-8(15)13(4)6-7(14)5-11-12-10/h7,14H,5-6H2,1-4H3. The molecule has 0 aliphatic carbocycles. The van der Waals surface area contributed by atoms with E-state index in [-0.39, 0.29) is 13.1 Å². The first-order valence-corrected chi connectivity index (χ1v) is 4.89. The summed E-state index contributed by atoms with van der Waals surface area (Å²) in [6.45, 7) is 5.27. The first-order valence-electron chi connectivity index (χ1n) is 4.89. The van der Waals surface area contributed by atoms with Gasteiger partial charge in [0.1, 0.15) is 5.60 Å². The Morgan fingerprint density at radius 1 is 1.62 bits per heavy atom. The maximum atomic E-state index is 11.5. The monoisotopic (exact) mass is 230 g/mol. The zero-order chi connectivity index (χ0) is 12.8. The van der Waals surface area contributed by atoms with Crippen LogP contribution in [-0.2, 0) is 4.74 Å². The second-order valence-electron chi connectivity index (χ2n) is 4.43. The van der Waals surface area contributed by atoms with Crippen LogP contribution in [0.3, 0.4) is 0 Å². The minimum Gasteiger partial charge on any atom is -0.444 e. The number of amides is 1. The molecule has 1 atom stereocenters. The molecule has 0 bridgehead atoms. The van der Waals surface area contributed by atoms with Gasteiger partial charge in [-0.05, 0) is 26.3 Å². The number of likely N-dealkylation sites (N-methyl/N-ethyl adjacent to an activating group) is 1. The zero-order valence-corrected chi connectivity index (χ0v) is 10.0. The van der Waals surface area contributed by atoms with Crippen molar-refractivity contribution in [3.05, 3.63) is 10.4 Å². The van der Waals surface area contributed by atoms with Crippen LogP contribution in [-0.4, -0.2) is 47.9 Å². The predicted molar refractivity (Wildman–Crippen MR) is 58.9 cm³/mol. The third-order valence-corrected chi connectivity index (χ3v) is 1.55. The van der Waals surface area contributed by atoms with Crippen LogP contribution >= 0.6 is 0 Å². The Bertz CT molecular complexity index is 281. The second-order valence-corrected chi connectivity index (χ2v) is 4.43. The fourth-order valence-electron chi connectivity index (χ4n) is 0.919. The highest BCUT2D eigenvalue weighted by atomic mass is 16.6. The molecule has 16 heavy (non-hydrogen) atoms. The number of ether oxygens (including phenoxy) is 1. The fourth-order valence-corrected chi connectivity index (χ4v) is 0.919. The summed E-state index contributed by atoms with van der Waals surface area (Å²) in [6.07, 6.45) is -1.40. The molecule has 0 heterocycles. The van der Waals surface area contributed by atoms with E-state index in [4.69, 9.17) is 10.3 Å². The Balaban J connectivity index is 4.09. The molecule has 0 saturated carbocycles. The van der Waals surface area contributed by atoms with Crippen LogP contribution in [0, 0.1) is 0 Å². The van der Waals surface area contributed by atoms with Crippen molar-refractivity contribution in [3.63, 3.8) is 0 Å². The number of hydrogen-bond donors (Lipinski definition) is 1. The first kappa shape index (κ1) is 14.5. The lowest BCUT2D eigenvalue weighted by Crippen LogP contribution is -2.39. The van der Waals surface area contributed by atoms with Crippen LogP contribution in [0.4, 0.5) is 4.79 Å². The maximum absolute atomic E-state index is 11.5. The van der Waals surface area contributed by atoms with E-state index in [0.717, 1.165) is 0 Å². The van der Waals surface area contributed by atoms with Crippen LogP contribution < -0.4 is 0 Å². The summed E-state index contributed by atoms with van der Waals surface area (Å²) in [5.41, 5.74) is 7.48. The summed E-state index contributed by atoms with van der Waals surface area (Å²) in [5.74, 6) is 0. The molecule has 0 saturated heterocycles. The molecule has 92 valence electrons. The molecule has 0 aliphatic heterocycles. The molecule has 1 amide bonds. The molecule has 1 N–H and O–H groups in total. The van der Waals surface area contributed by atoms with E-state index in [1.165, 1.54) is 11.9 Å². The molecule has 0 rings (SSSR count). The minimum atomic E-state index is -0.881. The molecule has 0 aromatic rings. The average molecular weight is 230 g/mol. The maximum Gasteiger partial charge on any atom is 0.410 e. The van der Waals surface area contributed by atoms with Crippen molar-refractivity contribution < 1.29 is 14.6 Å². The van der Waals surface area contributed by atoms with Gasteiger partial charge >= 0.3 is 6.09 Å². The van der Waals surface area contributed by atoms with Gasteiger partial charge in [0.2, 0.25) is 0 Å². The molecule has 0 aromatic heterocycles. The highest BCUT2D eigenvalue weighted by Gasteiger charge is 2.20. The summed E-state index contributed by atoms with van der Waals surface area (Å²) in [5, 5.41) is 12.6. The average Bonchev–Trinajstić information content (AvgIpc) is 2.11. The van der Waals surface area contributed by atoms with Gasteiger partial charge < -0.3 is 14.7 Å². The highest BCUT2D eigenvalue weighted by Crippen LogP contribution is 2.09. The number of rotatable bonds is 4. The van der Waals surface area contributed by atoms with E-state index < -0.39 is 17.8 Å². The van der Waals surface area contributed by atoms with E-state index in [0.29, 0.717) is 0 Å². The predicted octanol–water partition coefficient (Wildman–Crippen LogP) is 1.52. The van der Waals surface area contributed by atoms with E-state index in [2.05, 4.69) is 10.0 Å². The molecular formula is C9H18N4O3. The van der Waals surface area contributed by atoms with Crippen LogP contribution in [0.1, 0.15) is 20.8 Å². The van der Waals surface area contributed by atoms with Crippen LogP contribution in [0.5, 0.6) is 0 Å². The van der Waals surface area contributed by atoms with E-state index in [1.54, 1.807) is 20.8 Å². The number of carbonyl (C=O) groups is 1. The number of azide groups is 1. The third kappa shape index (κ3) is 6.92. The van der Waals surface area contributed by atoms with Crippen LogP contribution in [0.15, 0.2) is 5.11 Å². The summed E-state index contributed by atoms with van der Waals surface area (Å²) >= 11 is 0. The smallest absolute Gasteiger partial charge is 0.410 e. The van der Waals surface area contributed by atoms with Crippen molar-refractivity contribution in [1.29, 1.82) is 0 Å². The van der Waals surface area contributed by atoms with Crippen LogP contribution in [0.25, 0.3) is 10.4 Å². The summed E-state index contributed by atoms with van der Waals surface area (Å²) in [4.78, 5) is 15.2. The van der Waals surface area contributed by atoms with Crippen molar-refractivity contribution in [1.82, 2.24) is 4.90 Å². The number of aliphatic hydroxyl groups excluding tert-OH is 1. The topological polar surface area (TPSA) is 98.5 Å². The SMILES string of the molecule is CN(CC(O)CN=[N+]=[N-])C(=O)OC(C)(C)C. The van der Waals surface area contributed by atoms with Gasteiger partial charge in [-0.3, -0.25) is 0 Å². The summed E-state index contributed by atoms with van der Waals surface area (Å²) in [7, 11) is 1.51. The van der Waals surface area contributed by atoms with Gasteiger partial charge in [0.25, 0.3) is 0 Å². The zero-order valence-electron chi connectivity index (χ0n) is 10.0. The number of hydrogen-bond acceptors (Lipinski definition) is 4. The van der Waals surface area contributed by atoms with Gasteiger partial charge in [0.15, 0.2) is 0 Å². The minimum absolute atomic E-state index is 0.0634. The van der Waals surface area contributed by atoms with Crippen molar-refractivity contribution in [3.8, 4) is 0 Å². The normalized spacial score (nSPS) is 12.6. The molecule has 7 heteroatoms. The third-order valence-electron chi connectivity index (χ3n) is 1.55. The van der Waals surface area contributed by atoms with E-state index in [1.807, 2.05) is 0 Å². The van der Waals surface area contributed by atoms with Gasteiger partial charge in [-0.1, -0.05) is 5.11 Å². The van der Waals surface area contributed by atoms with Crippen molar-refractivity contribution in [2.75, 3.05) is 20.1 Å². The fraction of sp³-hybridized carbons (Fsp3) is 0.889. The Morgan fingerprint density at radius 2 is 2.19 bits per heavy atom. The van der Waals surface area contributed by atoms with Gasteiger partial charge in [0.05, 0.1) is 12.6 Å². The molecule has 0 aliphatic rings. The number of aliphatic hydroxyl groups is 1. The van der Waals surface area contributed by atoms with Crippen molar-refractivity contribution in [2.45, 2.75) is 32.5 Å².